The highest BCUT2D eigenvalue weighted by Gasteiger charge is 2.26. The van der Waals surface area contributed by atoms with E-state index in [1.54, 1.807) is 13.0 Å². The Morgan fingerprint density at radius 1 is 1.37 bits per heavy atom. The van der Waals surface area contributed by atoms with Gasteiger partial charge in [0.25, 0.3) is 5.91 Å². The minimum absolute atomic E-state index is 0.0359. The van der Waals surface area contributed by atoms with Crippen LogP contribution < -0.4 is 5.32 Å². The lowest BCUT2D eigenvalue weighted by Gasteiger charge is -2.31. The summed E-state index contributed by atoms with van der Waals surface area (Å²) >= 11 is 3.40. The van der Waals surface area contributed by atoms with Crippen LogP contribution in [0.2, 0.25) is 0 Å². The number of aryl methyl sites for hydroxylation is 1. The Morgan fingerprint density at radius 3 is 2.47 bits per heavy atom. The van der Waals surface area contributed by atoms with Crippen molar-refractivity contribution in [2.45, 2.75) is 40.2 Å². The van der Waals surface area contributed by atoms with Crippen molar-refractivity contribution in [3.05, 3.63) is 35.1 Å². The van der Waals surface area contributed by atoms with E-state index >= 15 is 0 Å². The van der Waals surface area contributed by atoms with Crippen LogP contribution in [0.15, 0.2) is 18.2 Å². The van der Waals surface area contributed by atoms with E-state index in [-0.39, 0.29) is 23.2 Å². The summed E-state index contributed by atoms with van der Waals surface area (Å²) in [7, 11) is 0. The van der Waals surface area contributed by atoms with Crippen molar-refractivity contribution in [3.63, 3.8) is 0 Å². The minimum Gasteiger partial charge on any atom is -0.349 e. The van der Waals surface area contributed by atoms with Gasteiger partial charge in [-0.2, -0.15) is 0 Å². The molecule has 1 atom stereocenters. The van der Waals surface area contributed by atoms with Crippen LogP contribution in [-0.2, 0) is 0 Å². The van der Waals surface area contributed by atoms with Gasteiger partial charge in [-0.1, -0.05) is 36.7 Å². The lowest BCUT2D eigenvalue weighted by molar-refractivity contribution is 0.0900. The molecule has 19 heavy (non-hydrogen) atoms. The fraction of sp³-hybridized carbons (Fsp3) is 0.533. The van der Waals surface area contributed by atoms with E-state index in [0.29, 0.717) is 5.56 Å². The first kappa shape index (κ1) is 16.2. The van der Waals surface area contributed by atoms with Crippen molar-refractivity contribution in [2.75, 3.05) is 5.33 Å². The largest absolute Gasteiger partial charge is 0.349 e. The fourth-order valence-electron chi connectivity index (χ4n) is 1.94. The van der Waals surface area contributed by atoms with E-state index in [2.05, 4.69) is 42.0 Å². The van der Waals surface area contributed by atoms with Crippen molar-refractivity contribution in [1.29, 1.82) is 0 Å². The van der Waals surface area contributed by atoms with E-state index in [1.165, 1.54) is 12.1 Å². The molecule has 0 heterocycles. The number of benzene rings is 1. The van der Waals surface area contributed by atoms with Crippen LogP contribution in [0, 0.1) is 18.2 Å². The van der Waals surface area contributed by atoms with Gasteiger partial charge in [0.05, 0.1) is 0 Å². The molecule has 0 fully saturated rings. The van der Waals surface area contributed by atoms with Crippen LogP contribution in [0.4, 0.5) is 4.39 Å². The monoisotopic (exact) mass is 329 g/mol. The number of amides is 1. The third kappa shape index (κ3) is 4.94. The second kappa shape index (κ2) is 6.51. The molecule has 2 nitrogen and oxygen atoms in total. The van der Waals surface area contributed by atoms with E-state index in [4.69, 9.17) is 0 Å². The molecule has 0 saturated carbocycles. The van der Waals surface area contributed by atoms with Crippen LogP contribution in [-0.4, -0.2) is 17.3 Å². The van der Waals surface area contributed by atoms with E-state index in [9.17, 15) is 9.18 Å². The van der Waals surface area contributed by atoms with Gasteiger partial charge in [0.15, 0.2) is 0 Å². The first-order valence-electron chi connectivity index (χ1n) is 6.38. The summed E-state index contributed by atoms with van der Waals surface area (Å²) in [6.45, 7) is 8.02. The number of rotatable bonds is 4. The lowest BCUT2D eigenvalue weighted by atomic mass is 9.85. The van der Waals surface area contributed by atoms with Gasteiger partial charge < -0.3 is 5.32 Å². The topological polar surface area (TPSA) is 29.1 Å². The number of hydrogen-bond donors (Lipinski definition) is 1. The summed E-state index contributed by atoms with van der Waals surface area (Å²) in [6, 6.07) is 4.43. The van der Waals surface area contributed by atoms with E-state index in [0.717, 1.165) is 17.3 Å². The molecule has 0 saturated heterocycles. The summed E-state index contributed by atoms with van der Waals surface area (Å²) in [4.78, 5) is 12.2. The van der Waals surface area contributed by atoms with Gasteiger partial charge in [-0.05, 0) is 42.5 Å². The third-order valence-corrected chi connectivity index (χ3v) is 3.51. The van der Waals surface area contributed by atoms with Crippen molar-refractivity contribution in [3.8, 4) is 0 Å². The highest BCUT2D eigenvalue weighted by Crippen LogP contribution is 2.23. The minimum atomic E-state index is -0.377. The molecule has 4 heteroatoms. The van der Waals surface area contributed by atoms with Gasteiger partial charge in [-0.3, -0.25) is 4.79 Å². The Morgan fingerprint density at radius 2 is 2.00 bits per heavy atom. The molecule has 1 aromatic rings. The zero-order chi connectivity index (χ0) is 14.6. The van der Waals surface area contributed by atoms with Crippen molar-refractivity contribution in [1.82, 2.24) is 5.32 Å². The standard InChI is InChI=1S/C15H21BrFNO/c1-10-7-11(9-12(17)8-10)14(19)18-13(5-6-16)15(2,3)4/h7-9,13H,5-6H2,1-4H3,(H,18,19). The molecular formula is C15H21BrFNO. The Bertz CT molecular complexity index is 434. The maximum Gasteiger partial charge on any atom is 0.251 e. The molecule has 1 rings (SSSR count). The normalized spacial score (nSPS) is 13.2. The van der Waals surface area contributed by atoms with Gasteiger partial charge in [0, 0.05) is 16.9 Å². The Hall–Kier alpha value is -0.900. The number of carbonyl (C=O) groups is 1. The second-order valence-corrected chi connectivity index (χ2v) is 6.68. The summed E-state index contributed by atoms with van der Waals surface area (Å²) < 4.78 is 13.3. The molecule has 1 aromatic carbocycles. The van der Waals surface area contributed by atoms with Gasteiger partial charge in [0.2, 0.25) is 0 Å². The highest BCUT2D eigenvalue weighted by molar-refractivity contribution is 9.09. The zero-order valence-electron chi connectivity index (χ0n) is 11.9. The van der Waals surface area contributed by atoms with E-state index < -0.39 is 0 Å². The smallest absolute Gasteiger partial charge is 0.251 e. The second-order valence-electron chi connectivity index (χ2n) is 5.89. The van der Waals surface area contributed by atoms with Crippen LogP contribution in [0.25, 0.3) is 0 Å². The first-order valence-corrected chi connectivity index (χ1v) is 7.50. The quantitative estimate of drug-likeness (QED) is 0.829. The average molecular weight is 330 g/mol. The number of hydrogen-bond acceptors (Lipinski definition) is 1. The van der Waals surface area contributed by atoms with E-state index in [1.807, 2.05) is 0 Å². The number of carbonyl (C=O) groups excluding carboxylic acids is 1. The molecule has 0 aliphatic carbocycles. The summed E-state index contributed by atoms with van der Waals surface area (Å²) in [5.41, 5.74) is 1.09. The van der Waals surface area contributed by atoms with Crippen molar-refractivity contribution in [2.24, 2.45) is 5.41 Å². The molecule has 0 radical (unpaired) electrons. The molecule has 0 aromatic heterocycles. The lowest BCUT2D eigenvalue weighted by Crippen LogP contribution is -2.44. The van der Waals surface area contributed by atoms with Gasteiger partial charge in [-0.15, -0.1) is 0 Å². The first-order chi connectivity index (χ1) is 8.74. The summed E-state index contributed by atoms with van der Waals surface area (Å²) in [6.07, 6.45) is 0.837. The van der Waals surface area contributed by atoms with Gasteiger partial charge in [-0.25, -0.2) is 4.39 Å². The van der Waals surface area contributed by atoms with Gasteiger partial charge >= 0.3 is 0 Å². The average Bonchev–Trinajstić information content (AvgIpc) is 2.25. The molecule has 1 amide bonds. The predicted octanol–water partition coefficient (Wildman–Crippen LogP) is 4.06. The summed E-state index contributed by atoms with van der Waals surface area (Å²) in [5, 5.41) is 3.81. The predicted molar refractivity (Wildman–Crippen MR) is 80.3 cm³/mol. The van der Waals surface area contributed by atoms with Crippen LogP contribution in [0.1, 0.15) is 43.1 Å². The SMILES string of the molecule is Cc1cc(F)cc(C(=O)NC(CCBr)C(C)(C)C)c1. The van der Waals surface area contributed by atoms with Crippen LogP contribution >= 0.6 is 15.9 Å². The molecule has 0 aliphatic rings. The maximum atomic E-state index is 13.3. The van der Waals surface area contributed by atoms with Crippen molar-refractivity contribution >= 4 is 21.8 Å². The number of halogens is 2. The molecular weight excluding hydrogens is 309 g/mol. The molecule has 0 bridgehead atoms. The molecule has 1 unspecified atom stereocenters. The van der Waals surface area contributed by atoms with Gasteiger partial charge in [0.1, 0.15) is 5.82 Å². The third-order valence-electron chi connectivity index (χ3n) is 3.05. The Kier molecular flexibility index (Phi) is 5.53. The molecule has 0 spiro atoms. The summed E-state index contributed by atoms with van der Waals surface area (Å²) in [5.74, 6) is -0.596. The number of alkyl halides is 1. The van der Waals surface area contributed by atoms with Crippen LogP contribution in [0.3, 0.4) is 0 Å². The number of nitrogens with one attached hydrogen (secondary N) is 1. The fourth-order valence-corrected chi connectivity index (χ4v) is 2.40. The highest BCUT2D eigenvalue weighted by atomic mass is 79.9. The maximum absolute atomic E-state index is 13.3. The van der Waals surface area contributed by atoms with Crippen molar-refractivity contribution < 1.29 is 9.18 Å². The Balaban J connectivity index is 2.87. The Labute approximate surface area is 122 Å². The molecule has 0 aliphatic heterocycles. The van der Waals surface area contributed by atoms with Crippen LogP contribution in [0.5, 0.6) is 0 Å². The molecule has 106 valence electrons. The molecule has 1 N–H and O–H groups in total. The zero-order valence-corrected chi connectivity index (χ0v) is 13.5.